The molecule has 1 amide bonds. The molecule has 0 saturated carbocycles. The number of carbonyl (C=O) groups is 1. The van der Waals surface area contributed by atoms with E-state index in [9.17, 15) is 9.90 Å². The Balaban J connectivity index is 2.18. The highest BCUT2D eigenvalue weighted by molar-refractivity contribution is 5.96. The molecule has 1 aromatic carbocycles. The molecule has 1 heterocycles. The van der Waals surface area contributed by atoms with Gasteiger partial charge in [0.05, 0.1) is 18.2 Å². The summed E-state index contributed by atoms with van der Waals surface area (Å²) in [6.45, 7) is 3.35. The van der Waals surface area contributed by atoms with Crippen LogP contribution >= 0.6 is 0 Å². The molecule has 2 atom stereocenters. The molecule has 1 fully saturated rings. The van der Waals surface area contributed by atoms with Crippen LogP contribution in [0.5, 0.6) is 0 Å². The minimum atomic E-state index is -0.375. The number of benzene rings is 1. The number of amides is 1. The molecule has 1 saturated heterocycles. The lowest BCUT2D eigenvalue weighted by molar-refractivity contribution is 0.0762. The van der Waals surface area contributed by atoms with E-state index in [1.54, 1.807) is 17.9 Å². The van der Waals surface area contributed by atoms with Crippen molar-refractivity contribution in [3.05, 3.63) is 35.4 Å². The Morgan fingerprint density at radius 3 is 2.95 bits per heavy atom. The van der Waals surface area contributed by atoms with Gasteiger partial charge in [0.15, 0.2) is 0 Å². The molecular weight excluding hydrogens is 252 g/mol. The van der Waals surface area contributed by atoms with Crippen molar-refractivity contribution in [1.29, 1.82) is 0 Å². The fourth-order valence-electron chi connectivity index (χ4n) is 2.46. The molecule has 4 heteroatoms. The number of aliphatic hydroxyl groups excluding tert-OH is 1. The minimum Gasteiger partial charge on any atom is -0.393 e. The first kappa shape index (κ1) is 14.6. The lowest BCUT2D eigenvalue weighted by Gasteiger charge is -2.18. The lowest BCUT2D eigenvalue weighted by atomic mass is 10.0. The van der Waals surface area contributed by atoms with Crippen molar-refractivity contribution < 1.29 is 9.90 Å². The second kappa shape index (κ2) is 6.56. The van der Waals surface area contributed by atoms with Crippen LogP contribution in [0.1, 0.15) is 29.3 Å². The molecule has 0 aliphatic carbocycles. The first-order chi connectivity index (χ1) is 9.63. The van der Waals surface area contributed by atoms with Crippen LogP contribution in [0, 0.1) is 17.8 Å². The highest BCUT2D eigenvalue weighted by Crippen LogP contribution is 2.22. The summed E-state index contributed by atoms with van der Waals surface area (Å²) in [5.74, 6) is 5.87. The first-order valence-electron chi connectivity index (χ1n) is 6.88. The summed E-state index contributed by atoms with van der Waals surface area (Å²) in [4.78, 5) is 14.3. The van der Waals surface area contributed by atoms with Crippen LogP contribution in [-0.2, 0) is 0 Å². The topological polar surface area (TPSA) is 66.6 Å². The van der Waals surface area contributed by atoms with Gasteiger partial charge in [0.25, 0.3) is 5.91 Å². The Hall–Kier alpha value is -1.83. The molecule has 0 radical (unpaired) electrons. The molecule has 0 spiro atoms. The third kappa shape index (κ3) is 3.19. The largest absolute Gasteiger partial charge is 0.393 e. The maximum absolute atomic E-state index is 12.5. The summed E-state index contributed by atoms with van der Waals surface area (Å²) in [6, 6.07) is 7.32. The van der Waals surface area contributed by atoms with E-state index in [-0.39, 0.29) is 24.5 Å². The van der Waals surface area contributed by atoms with E-state index < -0.39 is 0 Å². The predicted molar refractivity (Wildman–Crippen MR) is 78.1 cm³/mol. The summed E-state index contributed by atoms with van der Waals surface area (Å²) >= 11 is 0. The molecule has 3 N–H and O–H groups in total. The zero-order chi connectivity index (χ0) is 14.5. The number of rotatable bonds is 2. The maximum Gasteiger partial charge on any atom is 0.255 e. The molecule has 0 bridgehead atoms. The van der Waals surface area contributed by atoms with Gasteiger partial charge >= 0.3 is 0 Å². The average Bonchev–Trinajstić information content (AvgIpc) is 2.94. The molecule has 4 nitrogen and oxygen atoms in total. The number of likely N-dealkylation sites (tertiary alicyclic amines) is 1. The van der Waals surface area contributed by atoms with Crippen molar-refractivity contribution in [2.45, 2.75) is 19.4 Å². The van der Waals surface area contributed by atoms with Gasteiger partial charge in [0, 0.05) is 24.6 Å². The monoisotopic (exact) mass is 272 g/mol. The number of nitrogens with two attached hydrogens (primary N) is 1. The van der Waals surface area contributed by atoms with Crippen molar-refractivity contribution in [2.24, 2.45) is 11.7 Å². The van der Waals surface area contributed by atoms with Gasteiger partial charge in [-0.15, -0.1) is 0 Å². The van der Waals surface area contributed by atoms with E-state index in [1.807, 2.05) is 18.2 Å². The van der Waals surface area contributed by atoms with Gasteiger partial charge in [-0.05, 0) is 25.5 Å². The Morgan fingerprint density at radius 2 is 2.30 bits per heavy atom. The molecule has 1 aliphatic rings. The average molecular weight is 272 g/mol. The number of nitrogens with zero attached hydrogens (tertiary/aromatic N) is 1. The van der Waals surface area contributed by atoms with E-state index in [0.717, 1.165) is 6.42 Å². The van der Waals surface area contributed by atoms with Crippen LogP contribution in [0.25, 0.3) is 0 Å². The number of carbonyl (C=O) groups excluding carboxylic acids is 1. The molecule has 106 valence electrons. The third-order valence-corrected chi connectivity index (χ3v) is 3.68. The Labute approximate surface area is 119 Å². The Morgan fingerprint density at radius 1 is 1.55 bits per heavy atom. The fraction of sp³-hybridized carbons (Fsp3) is 0.438. The van der Waals surface area contributed by atoms with Gasteiger partial charge in [-0.1, -0.05) is 24.0 Å². The van der Waals surface area contributed by atoms with Crippen molar-refractivity contribution in [3.8, 4) is 11.8 Å². The number of hydrogen-bond donors (Lipinski definition) is 2. The molecule has 2 rings (SSSR count). The van der Waals surface area contributed by atoms with Crippen molar-refractivity contribution in [2.75, 3.05) is 19.6 Å². The summed E-state index contributed by atoms with van der Waals surface area (Å²) in [5, 5.41) is 9.62. The fourth-order valence-corrected chi connectivity index (χ4v) is 2.46. The third-order valence-electron chi connectivity index (χ3n) is 3.68. The van der Waals surface area contributed by atoms with Crippen LogP contribution in [0.4, 0.5) is 0 Å². The standard InChI is InChI=1S/C16H20N2O2/c1-12(19)14-8-10-18(11-14)16(20)15-7-3-2-5-13(15)6-4-9-17/h2-3,5,7,12,14,19H,8-11,17H2,1H3. The Bertz CT molecular complexity index is 543. The molecular formula is C16H20N2O2. The van der Waals surface area contributed by atoms with E-state index in [4.69, 9.17) is 5.73 Å². The van der Waals surface area contributed by atoms with Gasteiger partial charge < -0.3 is 15.7 Å². The molecule has 1 aromatic rings. The van der Waals surface area contributed by atoms with E-state index in [0.29, 0.717) is 24.2 Å². The van der Waals surface area contributed by atoms with Crippen LogP contribution in [0.2, 0.25) is 0 Å². The first-order valence-corrected chi connectivity index (χ1v) is 6.88. The van der Waals surface area contributed by atoms with Crippen LogP contribution < -0.4 is 5.73 Å². The second-order valence-electron chi connectivity index (χ2n) is 5.09. The zero-order valence-corrected chi connectivity index (χ0v) is 11.7. The number of aliphatic hydroxyl groups is 1. The summed E-state index contributed by atoms with van der Waals surface area (Å²) in [5.41, 5.74) is 6.70. The van der Waals surface area contributed by atoms with Crippen molar-refractivity contribution >= 4 is 5.91 Å². The SMILES string of the molecule is CC(O)C1CCN(C(=O)c2ccccc2C#CCN)C1. The highest BCUT2D eigenvalue weighted by atomic mass is 16.3. The maximum atomic E-state index is 12.5. The van der Waals surface area contributed by atoms with Gasteiger partial charge in [0.2, 0.25) is 0 Å². The Kier molecular flexibility index (Phi) is 4.78. The molecule has 1 aliphatic heterocycles. The lowest BCUT2D eigenvalue weighted by Crippen LogP contribution is -2.30. The van der Waals surface area contributed by atoms with Crippen molar-refractivity contribution in [1.82, 2.24) is 4.90 Å². The zero-order valence-electron chi connectivity index (χ0n) is 11.7. The normalized spacial score (nSPS) is 19.4. The van der Waals surface area contributed by atoms with E-state index in [2.05, 4.69) is 11.8 Å². The van der Waals surface area contributed by atoms with Gasteiger partial charge in [0.1, 0.15) is 0 Å². The van der Waals surface area contributed by atoms with Crippen molar-refractivity contribution in [3.63, 3.8) is 0 Å². The predicted octanol–water partition coefficient (Wildman–Crippen LogP) is 0.840. The second-order valence-corrected chi connectivity index (χ2v) is 5.09. The molecule has 0 aromatic heterocycles. The van der Waals surface area contributed by atoms with Gasteiger partial charge in [-0.3, -0.25) is 4.79 Å². The summed E-state index contributed by atoms with van der Waals surface area (Å²) < 4.78 is 0. The van der Waals surface area contributed by atoms with E-state index in [1.165, 1.54) is 0 Å². The summed E-state index contributed by atoms with van der Waals surface area (Å²) in [7, 11) is 0. The minimum absolute atomic E-state index is 0.0185. The van der Waals surface area contributed by atoms with Crippen LogP contribution in [0.15, 0.2) is 24.3 Å². The van der Waals surface area contributed by atoms with Crippen LogP contribution in [0.3, 0.4) is 0 Å². The number of hydrogen-bond acceptors (Lipinski definition) is 3. The smallest absolute Gasteiger partial charge is 0.255 e. The van der Waals surface area contributed by atoms with E-state index >= 15 is 0 Å². The van der Waals surface area contributed by atoms with Gasteiger partial charge in [-0.2, -0.15) is 0 Å². The van der Waals surface area contributed by atoms with Gasteiger partial charge in [-0.25, -0.2) is 0 Å². The molecule has 20 heavy (non-hydrogen) atoms. The molecule has 2 unspecified atom stereocenters. The quantitative estimate of drug-likeness (QED) is 0.784. The highest BCUT2D eigenvalue weighted by Gasteiger charge is 2.30. The summed E-state index contributed by atoms with van der Waals surface area (Å²) in [6.07, 6.45) is 0.472. The van der Waals surface area contributed by atoms with Crippen LogP contribution in [-0.4, -0.2) is 41.7 Å².